The highest BCUT2D eigenvalue weighted by Crippen LogP contribution is 2.39. The second-order valence-corrected chi connectivity index (χ2v) is 8.72. The van der Waals surface area contributed by atoms with Gasteiger partial charge in [-0.05, 0) is 75.0 Å². The van der Waals surface area contributed by atoms with E-state index in [4.69, 9.17) is 15.2 Å². The largest absolute Gasteiger partial charge is 0.486 e. The molecule has 0 saturated carbocycles. The SMILES string of the molecule is Cc1ccc2c3c(ccc2n1)OC[C@H](CN1c2ccccc2CCC1CCCCN)O3. The van der Waals surface area contributed by atoms with Crippen LogP contribution in [0.4, 0.5) is 5.69 Å². The maximum Gasteiger partial charge on any atom is 0.171 e. The van der Waals surface area contributed by atoms with Crippen LogP contribution < -0.4 is 20.1 Å². The predicted molar refractivity (Wildman–Crippen MR) is 125 cm³/mol. The average Bonchev–Trinajstić information content (AvgIpc) is 2.80. The zero-order valence-corrected chi connectivity index (χ0v) is 18.2. The summed E-state index contributed by atoms with van der Waals surface area (Å²) >= 11 is 0. The van der Waals surface area contributed by atoms with Crippen molar-refractivity contribution in [3.63, 3.8) is 0 Å². The van der Waals surface area contributed by atoms with E-state index >= 15 is 0 Å². The molecule has 0 fully saturated rings. The summed E-state index contributed by atoms with van der Waals surface area (Å²) in [6, 6.07) is 17.4. The Morgan fingerprint density at radius 1 is 1.10 bits per heavy atom. The Morgan fingerprint density at radius 3 is 2.90 bits per heavy atom. The minimum absolute atomic E-state index is 0.0254. The van der Waals surface area contributed by atoms with Gasteiger partial charge in [-0.2, -0.15) is 0 Å². The number of unbranched alkanes of at least 4 members (excludes halogenated alkanes) is 1. The zero-order valence-electron chi connectivity index (χ0n) is 18.2. The third kappa shape index (κ3) is 4.07. The van der Waals surface area contributed by atoms with Gasteiger partial charge in [0.25, 0.3) is 0 Å². The minimum Gasteiger partial charge on any atom is -0.486 e. The first-order valence-corrected chi connectivity index (χ1v) is 11.5. The fraction of sp³-hybridized carbons (Fsp3) is 0.423. The Bertz CT molecular complexity index is 1070. The average molecular weight is 418 g/mol. The van der Waals surface area contributed by atoms with Crippen molar-refractivity contribution in [2.24, 2.45) is 5.73 Å². The lowest BCUT2D eigenvalue weighted by atomic mass is 9.92. The van der Waals surface area contributed by atoms with Gasteiger partial charge >= 0.3 is 0 Å². The van der Waals surface area contributed by atoms with Gasteiger partial charge in [0.1, 0.15) is 6.61 Å². The van der Waals surface area contributed by atoms with Gasteiger partial charge in [-0.3, -0.25) is 4.98 Å². The lowest BCUT2D eigenvalue weighted by molar-refractivity contribution is 0.0951. The summed E-state index contributed by atoms with van der Waals surface area (Å²) < 4.78 is 12.7. The molecule has 0 aliphatic carbocycles. The second-order valence-electron chi connectivity index (χ2n) is 8.72. The molecule has 2 aliphatic rings. The standard InChI is InChI=1S/C26H31N3O2/c1-18-9-12-22-23(28-18)13-14-25-26(22)31-21(17-30-25)16-29-20(7-4-5-15-27)11-10-19-6-2-3-8-24(19)29/h2-3,6,8-9,12-14,20-21H,4-5,7,10-11,15-17,27H2,1H3/t20?,21-/m0/s1. The molecule has 0 bridgehead atoms. The third-order valence-electron chi connectivity index (χ3n) is 6.51. The number of nitrogens with zero attached hydrogens (tertiary/aromatic N) is 2. The normalized spacial score (nSPS) is 20.0. The van der Waals surface area contributed by atoms with Crippen LogP contribution in [0.15, 0.2) is 48.5 Å². The molecule has 0 saturated heterocycles. The first-order chi connectivity index (χ1) is 15.2. The number of para-hydroxylation sites is 1. The van der Waals surface area contributed by atoms with Crippen LogP contribution in [-0.4, -0.2) is 36.8 Å². The number of anilines is 1. The minimum atomic E-state index is -0.0254. The van der Waals surface area contributed by atoms with Crippen molar-refractivity contribution in [3.05, 3.63) is 59.8 Å². The van der Waals surface area contributed by atoms with Gasteiger partial charge < -0.3 is 20.1 Å². The quantitative estimate of drug-likeness (QED) is 0.593. The molecule has 5 nitrogen and oxygen atoms in total. The molecule has 5 rings (SSSR count). The molecule has 5 heteroatoms. The summed E-state index contributed by atoms with van der Waals surface area (Å²) in [7, 11) is 0. The van der Waals surface area contributed by atoms with Crippen molar-refractivity contribution in [1.82, 2.24) is 4.98 Å². The molecule has 0 amide bonds. The lowest BCUT2D eigenvalue weighted by Gasteiger charge is -2.41. The highest BCUT2D eigenvalue weighted by atomic mass is 16.6. The summed E-state index contributed by atoms with van der Waals surface area (Å²) in [4.78, 5) is 7.21. The Hall–Kier alpha value is -2.79. The molecule has 0 radical (unpaired) electrons. The van der Waals surface area contributed by atoms with E-state index in [1.165, 1.54) is 30.5 Å². The Balaban J connectivity index is 1.40. The number of pyridine rings is 1. The van der Waals surface area contributed by atoms with Crippen molar-refractivity contribution in [2.45, 2.75) is 51.2 Å². The number of aromatic nitrogens is 1. The molecule has 2 aliphatic heterocycles. The van der Waals surface area contributed by atoms with Gasteiger partial charge in [0.2, 0.25) is 0 Å². The Labute approximate surface area is 184 Å². The summed E-state index contributed by atoms with van der Waals surface area (Å²) in [6.45, 7) is 4.16. The van der Waals surface area contributed by atoms with E-state index in [1.807, 2.05) is 25.1 Å². The molecule has 1 unspecified atom stereocenters. The molecule has 2 aromatic carbocycles. The number of aryl methyl sites for hydroxylation is 2. The van der Waals surface area contributed by atoms with Crippen LogP contribution in [-0.2, 0) is 6.42 Å². The van der Waals surface area contributed by atoms with E-state index < -0.39 is 0 Å². The van der Waals surface area contributed by atoms with Crippen LogP contribution >= 0.6 is 0 Å². The first kappa shape index (κ1) is 20.1. The summed E-state index contributed by atoms with van der Waals surface area (Å²) in [5, 5.41) is 1.02. The van der Waals surface area contributed by atoms with E-state index in [1.54, 1.807) is 0 Å². The maximum atomic E-state index is 6.55. The molecule has 2 N–H and O–H groups in total. The number of rotatable bonds is 6. The Morgan fingerprint density at radius 2 is 2.00 bits per heavy atom. The van der Waals surface area contributed by atoms with Gasteiger partial charge in [0, 0.05) is 22.8 Å². The van der Waals surface area contributed by atoms with Crippen LogP contribution in [0.3, 0.4) is 0 Å². The van der Waals surface area contributed by atoms with E-state index in [0.29, 0.717) is 12.6 Å². The molecule has 0 spiro atoms. The van der Waals surface area contributed by atoms with Crippen LogP contribution in [0.1, 0.15) is 36.9 Å². The van der Waals surface area contributed by atoms with Crippen LogP contribution in [0.5, 0.6) is 11.5 Å². The van der Waals surface area contributed by atoms with Crippen LogP contribution in [0, 0.1) is 6.92 Å². The maximum absolute atomic E-state index is 6.55. The van der Waals surface area contributed by atoms with E-state index in [0.717, 1.165) is 54.0 Å². The second kappa shape index (κ2) is 8.75. The Kier molecular flexibility index (Phi) is 5.68. The molecule has 31 heavy (non-hydrogen) atoms. The number of nitrogens with two attached hydrogens (primary N) is 1. The van der Waals surface area contributed by atoms with Crippen LogP contribution in [0.25, 0.3) is 10.9 Å². The molecule has 3 aromatic rings. The number of ether oxygens (including phenoxy) is 2. The topological polar surface area (TPSA) is 60.6 Å². The number of hydrogen-bond acceptors (Lipinski definition) is 5. The third-order valence-corrected chi connectivity index (χ3v) is 6.51. The van der Waals surface area contributed by atoms with Gasteiger partial charge in [-0.1, -0.05) is 24.6 Å². The van der Waals surface area contributed by atoms with Crippen molar-refractivity contribution in [3.8, 4) is 11.5 Å². The summed E-state index contributed by atoms with van der Waals surface area (Å²) in [5.41, 5.74) is 10.5. The highest BCUT2D eigenvalue weighted by Gasteiger charge is 2.31. The summed E-state index contributed by atoms with van der Waals surface area (Å²) in [5.74, 6) is 1.64. The fourth-order valence-corrected chi connectivity index (χ4v) is 4.94. The molecular formula is C26H31N3O2. The number of fused-ring (bicyclic) bond motifs is 4. The van der Waals surface area contributed by atoms with Gasteiger partial charge in [-0.25, -0.2) is 0 Å². The first-order valence-electron chi connectivity index (χ1n) is 11.5. The van der Waals surface area contributed by atoms with Gasteiger partial charge in [0.05, 0.1) is 12.1 Å². The highest BCUT2D eigenvalue weighted by molar-refractivity contribution is 5.88. The van der Waals surface area contributed by atoms with Crippen LogP contribution in [0.2, 0.25) is 0 Å². The molecule has 2 atom stereocenters. The number of benzene rings is 2. The molecule has 3 heterocycles. The van der Waals surface area contributed by atoms with Crippen molar-refractivity contribution in [1.29, 1.82) is 0 Å². The smallest absolute Gasteiger partial charge is 0.171 e. The van der Waals surface area contributed by atoms with E-state index in [9.17, 15) is 0 Å². The molecule has 1 aromatic heterocycles. The van der Waals surface area contributed by atoms with Crippen molar-refractivity contribution < 1.29 is 9.47 Å². The number of hydrogen-bond donors (Lipinski definition) is 1. The molecular weight excluding hydrogens is 386 g/mol. The van der Waals surface area contributed by atoms with E-state index in [-0.39, 0.29) is 6.10 Å². The van der Waals surface area contributed by atoms with E-state index in [2.05, 4.69) is 40.2 Å². The predicted octanol–water partition coefficient (Wildman–Crippen LogP) is 4.63. The molecule has 162 valence electrons. The van der Waals surface area contributed by atoms with Crippen molar-refractivity contribution >= 4 is 16.6 Å². The fourth-order valence-electron chi connectivity index (χ4n) is 4.94. The zero-order chi connectivity index (χ0) is 21.2. The van der Waals surface area contributed by atoms with Gasteiger partial charge in [-0.15, -0.1) is 0 Å². The monoisotopic (exact) mass is 417 g/mol. The van der Waals surface area contributed by atoms with Gasteiger partial charge in [0.15, 0.2) is 17.6 Å². The summed E-state index contributed by atoms with van der Waals surface area (Å²) in [6.07, 6.45) is 5.71. The lowest BCUT2D eigenvalue weighted by Crippen LogP contribution is -2.47. The van der Waals surface area contributed by atoms with Crippen molar-refractivity contribution in [2.75, 3.05) is 24.6 Å².